The lowest BCUT2D eigenvalue weighted by atomic mass is 10.2. The highest BCUT2D eigenvalue weighted by Crippen LogP contribution is 2.09. The number of imidazole rings is 1. The minimum Gasteiger partial charge on any atom is -0.443 e. The number of carbonyl (C=O) groups excluding carboxylic acids is 2. The van der Waals surface area contributed by atoms with Crippen LogP contribution in [0.3, 0.4) is 0 Å². The first-order chi connectivity index (χ1) is 10.3. The van der Waals surface area contributed by atoms with Crippen molar-refractivity contribution in [1.82, 2.24) is 14.9 Å². The van der Waals surface area contributed by atoms with Crippen LogP contribution in [-0.4, -0.2) is 33.7 Å². The topological polar surface area (TPSA) is 73.2 Å². The van der Waals surface area contributed by atoms with Crippen LogP contribution in [0.5, 0.6) is 0 Å². The van der Waals surface area contributed by atoms with Crippen molar-refractivity contribution in [3.63, 3.8) is 0 Å². The molecule has 0 bridgehead atoms. The van der Waals surface area contributed by atoms with Crippen LogP contribution in [0.2, 0.25) is 0 Å². The minimum atomic E-state index is -0.548. The van der Waals surface area contributed by atoms with Gasteiger partial charge in [-0.15, -0.1) is 12.3 Å². The first kappa shape index (κ1) is 17.8. The lowest BCUT2D eigenvalue weighted by Gasteiger charge is -2.19. The number of hydrogen-bond donors (Lipinski definition) is 1. The maximum absolute atomic E-state index is 11.8. The van der Waals surface area contributed by atoms with Crippen molar-refractivity contribution in [3.8, 4) is 12.3 Å². The van der Waals surface area contributed by atoms with Gasteiger partial charge in [-0.05, 0) is 27.2 Å². The van der Waals surface area contributed by atoms with Gasteiger partial charge < -0.3 is 10.1 Å². The molecule has 0 unspecified atom stereocenters. The van der Waals surface area contributed by atoms with Gasteiger partial charge in [0.05, 0.1) is 5.69 Å². The summed E-state index contributed by atoms with van der Waals surface area (Å²) in [6, 6.07) is 0. The molecule has 0 spiro atoms. The molecule has 0 radical (unpaired) electrons. The van der Waals surface area contributed by atoms with Gasteiger partial charge in [0.25, 0.3) is 0 Å². The first-order valence-electron chi connectivity index (χ1n) is 7.28. The van der Waals surface area contributed by atoms with E-state index in [1.807, 2.05) is 0 Å². The van der Waals surface area contributed by atoms with E-state index in [4.69, 9.17) is 11.2 Å². The molecule has 22 heavy (non-hydrogen) atoms. The van der Waals surface area contributed by atoms with Gasteiger partial charge in [-0.1, -0.05) is 0 Å². The second kappa shape index (κ2) is 8.23. The third-order valence-corrected chi connectivity index (χ3v) is 2.67. The zero-order chi connectivity index (χ0) is 16.6. The third kappa shape index (κ3) is 6.93. The van der Waals surface area contributed by atoms with Crippen molar-refractivity contribution in [2.75, 3.05) is 6.54 Å². The Balaban J connectivity index is 2.35. The van der Waals surface area contributed by atoms with Gasteiger partial charge >= 0.3 is 6.09 Å². The zero-order valence-corrected chi connectivity index (χ0v) is 13.4. The van der Waals surface area contributed by atoms with Crippen LogP contribution in [0, 0.1) is 12.3 Å². The monoisotopic (exact) mass is 305 g/mol. The molecule has 0 aliphatic carbocycles. The van der Waals surface area contributed by atoms with E-state index in [9.17, 15) is 9.59 Å². The fraction of sp³-hybridized carbons (Fsp3) is 0.562. The molecule has 1 amide bonds. The number of aromatic nitrogens is 2. The molecule has 0 aliphatic rings. The Labute approximate surface area is 131 Å². The number of unbranched alkanes of at least 4 members (excludes halogenated alkanes) is 1. The molecule has 0 saturated heterocycles. The highest BCUT2D eigenvalue weighted by molar-refractivity contribution is 5.75. The van der Waals surface area contributed by atoms with Crippen molar-refractivity contribution in [2.24, 2.45) is 0 Å². The maximum Gasteiger partial charge on any atom is 0.419 e. The van der Waals surface area contributed by atoms with Crippen molar-refractivity contribution in [1.29, 1.82) is 0 Å². The van der Waals surface area contributed by atoms with Gasteiger partial charge in [-0.2, -0.15) is 0 Å². The van der Waals surface area contributed by atoms with Gasteiger partial charge in [0.1, 0.15) is 11.9 Å². The molecule has 6 nitrogen and oxygen atoms in total. The van der Waals surface area contributed by atoms with E-state index < -0.39 is 11.7 Å². The van der Waals surface area contributed by atoms with E-state index in [0.29, 0.717) is 32.2 Å². The SMILES string of the molecule is C#CCCCC(=O)NCCc1cn(C(=O)OC(C)(C)C)cn1. The van der Waals surface area contributed by atoms with E-state index in [1.165, 1.54) is 10.9 Å². The lowest BCUT2D eigenvalue weighted by Crippen LogP contribution is -2.26. The first-order valence-corrected chi connectivity index (χ1v) is 7.28. The Hall–Kier alpha value is -2.29. The maximum atomic E-state index is 11.8. The fourth-order valence-electron chi connectivity index (χ4n) is 1.68. The quantitative estimate of drug-likeness (QED) is 0.645. The zero-order valence-electron chi connectivity index (χ0n) is 13.4. The summed E-state index contributed by atoms with van der Waals surface area (Å²) in [4.78, 5) is 27.4. The number of terminal acetylenes is 1. The van der Waals surface area contributed by atoms with Gasteiger partial charge in [0, 0.05) is 32.0 Å². The molecule has 6 heteroatoms. The normalized spacial score (nSPS) is 10.8. The molecule has 0 fully saturated rings. The standard InChI is InChI=1S/C16H23N3O3/c1-5-6-7-8-14(20)17-10-9-13-11-19(12-18-13)15(21)22-16(2,3)4/h1,11-12H,6-10H2,2-4H3,(H,17,20). The Kier molecular flexibility index (Phi) is 6.64. The van der Waals surface area contributed by atoms with E-state index in [-0.39, 0.29) is 5.91 Å². The summed E-state index contributed by atoms with van der Waals surface area (Å²) in [5.41, 5.74) is 0.170. The van der Waals surface area contributed by atoms with Gasteiger partial charge in [0.15, 0.2) is 0 Å². The summed E-state index contributed by atoms with van der Waals surface area (Å²) in [7, 11) is 0. The summed E-state index contributed by atoms with van der Waals surface area (Å²) < 4.78 is 6.53. The molecule has 0 atom stereocenters. The van der Waals surface area contributed by atoms with Crippen LogP contribution < -0.4 is 5.32 Å². The highest BCUT2D eigenvalue weighted by atomic mass is 16.6. The fourth-order valence-corrected chi connectivity index (χ4v) is 1.68. The summed E-state index contributed by atoms with van der Waals surface area (Å²) in [5, 5.41) is 2.79. The molecule has 1 rings (SSSR count). The molecule has 1 N–H and O–H groups in total. The number of carbonyl (C=O) groups is 2. The largest absolute Gasteiger partial charge is 0.443 e. The number of hydrogen-bond acceptors (Lipinski definition) is 4. The summed E-state index contributed by atoms with van der Waals surface area (Å²) in [5.74, 6) is 2.47. The average molecular weight is 305 g/mol. The van der Waals surface area contributed by atoms with Gasteiger partial charge in [-0.25, -0.2) is 14.3 Å². The van der Waals surface area contributed by atoms with Crippen molar-refractivity contribution >= 4 is 12.0 Å². The second-order valence-corrected chi connectivity index (χ2v) is 5.91. The molecule has 0 saturated carbocycles. The summed E-state index contributed by atoms with van der Waals surface area (Å²) in [6.07, 6.45) is 9.96. The van der Waals surface area contributed by atoms with Crippen LogP contribution >= 0.6 is 0 Å². The van der Waals surface area contributed by atoms with Crippen LogP contribution in [0.25, 0.3) is 0 Å². The number of nitrogens with one attached hydrogen (secondary N) is 1. The van der Waals surface area contributed by atoms with Crippen molar-refractivity contribution in [3.05, 3.63) is 18.2 Å². The van der Waals surface area contributed by atoms with Crippen molar-refractivity contribution < 1.29 is 14.3 Å². The molecule has 1 heterocycles. The Morgan fingerprint density at radius 3 is 2.82 bits per heavy atom. The van der Waals surface area contributed by atoms with Crippen LogP contribution in [0.4, 0.5) is 4.79 Å². The summed E-state index contributed by atoms with van der Waals surface area (Å²) >= 11 is 0. The Bertz CT molecular complexity index is 550. The van der Waals surface area contributed by atoms with Crippen LogP contribution in [-0.2, 0) is 16.0 Å². The lowest BCUT2D eigenvalue weighted by molar-refractivity contribution is -0.121. The molecule has 0 aliphatic heterocycles. The van der Waals surface area contributed by atoms with E-state index in [0.717, 1.165) is 5.69 Å². The molecule has 1 aromatic rings. The molecule has 120 valence electrons. The number of ether oxygens (including phenoxy) is 1. The number of amides is 1. The van der Waals surface area contributed by atoms with Gasteiger partial charge in [-0.3, -0.25) is 4.79 Å². The molecule has 1 aromatic heterocycles. The van der Waals surface area contributed by atoms with Crippen LogP contribution in [0.1, 0.15) is 45.7 Å². The molecular weight excluding hydrogens is 282 g/mol. The van der Waals surface area contributed by atoms with E-state index >= 15 is 0 Å². The molecule has 0 aromatic carbocycles. The number of rotatable bonds is 6. The minimum absolute atomic E-state index is 0.0261. The van der Waals surface area contributed by atoms with E-state index in [2.05, 4.69) is 16.2 Å². The molecular formula is C16H23N3O3. The second-order valence-electron chi connectivity index (χ2n) is 5.91. The third-order valence-electron chi connectivity index (χ3n) is 2.67. The Morgan fingerprint density at radius 2 is 2.18 bits per heavy atom. The predicted octanol–water partition coefficient (Wildman–Crippen LogP) is 2.13. The highest BCUT2D eigenvalue weighted by Gasteiger charge is 2.17. The van der Waals surface area contributed by atoms with Crippen LogP contribution in [0.15, 0.2) is 12.5 Å². The summed E-state index contributed by atoms with van der Waals surface area (Å²) in [6.45, 7) is 5.88. The number of nitrogens with zero attached hydrogens (tertiary/aromatic N) is 2. The van der Waals surface area contributed by atoms with Crippen molar-refractivity contribution in [2.45, 2.75) is 52.1 Å². The Morgan fingerprint density at radius 1 is 1.45 bits per heavy atom. The van der Waals surface area contributed by atoms with Gasteiger partial charge in [0.2, 0.25) is 5.91 Å². The predicted molar refractivity (Wildman–Crippen MR) is 83.3 cm³/mol. The smallest absolute Gasteiger partial charge is 0.419 e. The van der Waals surface area contributed by atoms with E-state index in [1.54, 1.807) is 27.0 Å². The average Bonchev–Trinajstić information content (AvgIpc) is 2.86.